The Morgan fingerprint density at radius 3 is 2.67 bits per heavy atom. The van der Waals surface area contributed by atoms with Gasteiger partial charge < -0.3 is 19.9 Å². The topological polar surface area (TPSA) is 50.7 Å². The highest BCUT2D eigenvalue weighted by Crippen LogP contribution is 2.27. The molecule has 0 aromatic carbocycles. The Morgan fingerprint density at radius 1 is 1.24 bits per heavy atom. The van der Waals surface area contributed by atoms with Crippen molar-refractivity contribution in [2.45, 2.75) is 95.6 Å². The summed E-state index contributed by atoms with van der Waals surface area (Å²) >= 11 is 0. The number of rotatable bonds is 8. The van der Waals surface area contributed by atoms with E-state index in [-0.39, 0.29) is 11.9 Å². The fourth-order valence-corrected chi connectivity index (χ4v) is 3.67. The number of hydrogen-bond acceptors (Lipinski definition) is 4. The Bertz CT molecular complexity index is 292. The Morgan fingerprint density at radius 2 is 1.95 bits per heavy atom. The van der Waals surface area contributed by atoms with Gasteiger partial charge in [-0.2, -0.15) is 0 Å². The lowest BCUT2D eigenvalue weighted by atomic mass is 9.91. The van der Waals surface area contributed by atoms with Crippen molar-refractivity contribution < 1.29 is 14.6 Å². The SMILES string of the molecule is CCC[C@H](O)C[C@@H]1CCC[C@@H](CCCC2(C)OCCO2)N1. The Labute approximate surface area is 129 Å². The van der Waals surface area contributed by atoms with Crippen LogP contribution in [0.2, 0.25) is 0 Å². The van der Waals surface area contributed by atoms with Crippen LogP contribution in [0, 0.1) is 0 Å². The van der Waals surface area contributed by atoms with Gasteiger partial charge in [0.1, 0.15) is 0 Å². The maximum atomic E-state index is 9.97. The summed E-state index contributed by atoms with van der Waals surface area (Å²) in [4.78, 5) is 0. The first-order valence-electron chi connectivity index (χ1n) is 8.83. The highest BCUT2D eigenvalue weighted by Gasteiger charge is 2.31. The van der Waals surface area contributed by atoms with Crippen LogP contribution in [0.3, 0.4) is 0 Å². The quantitative estimate of drug-likeness (QED) is 0.723. The van der Waals surface area contributed by atoms with E-state index in [0.29, 0.717) is 12.1 Å². The molecule has 2 fully saturated rings. The maximum Gasteiger partial charge on any atom is 0.165 e. The molecular weight excluding hydrogens is 266 g/mol. The molecule has 2 aliphatic heterocycles. The van der Waals surface area contributed by atoms with Crippen molar-refractivity contribution in [2.75, 3.05) is 13.2 Å². The molecule has 2 rings (SSSR count). The van der Waals surface area contributed by atoms with Gasteiger partial charge in [-0.3, -0.25) is 0 Å². The summed E-state index contributed by atoms with van der Waals surface area (Å²) in [5.74, 6) is -0.342. The number of aliphatic hydroxyl groups is 1. The minimum atomic E-state index is -0.342. The number of nitrogens with one attached hydrogen (secondary N) is 1. The second-order valence-electron chi connectivity index (χ2n) is 6.89. The Kier molecular flexibility index (Phi) is 6.93. The molecule has 0 bridgehead atoms. The zero-order valence-corrected chi connectivity index (χ0v) is 13.8. The number of ether oxygens (including phenoxy) is 2. The lowest BCUT2D eigenvalue weighted by Gasteiger charge is -2.33. The van der Waals surface area contributed by atoms with E-state index < -0.39 is 0 Å². The van der Waals surface area contributed by atoms with Gasteiger partial charge in [-0.25, -0.2) is 0 Å². The van der Waals surface area contributed by atoms with Crippen LogP contribution in [0.15, 0.2) is 0 Å². The first-order chi connectivity index (χ1) is 10.1. The second kappa shape index (κ2) is 8.47. The molecule has 4 nitrogen and oxygen atoms in total. The van der Waals surface area contributed by atoms with Crippen molar-refractivity contribution in [1.29, 1.82) is 0 Å². The van der Waals surface area contributed by atoms with Crippen molar-refractivity contribution in [3.63, 3.8) is 0 Å². The van der Waals surface area contributed by atoms with E-state index in [1.165, 1.54) is 25.7 Å². The summed E-state index contributed by atoms with van der Waals surface area (Å²) in [5.41, 5.74) is 0. The molecule has 0 amide bonds. The van der Waals surface area contributed by atoms with Crippen LogP contribution in [0.25, 0.3) is 0 Å². The largest absolute Gasteiger partial charge is 0.393 e. The average molecular weight is 299 g/mol. The third-order valence-corrected chi connectivity index (χ3v) is 4.84. The first-order valence-corrected chi connectivity index (χ1v) is 8.83. The smallest absolute Gasteiger partial charge is 0.165 e. The Hall–Kier alpha value is -0.160. The molecule has 2 N–H and O–H groups in total. The van der Waals surface area contributed by atoms with Gasteiger partial charge in [0.25, 0.3) is 0 Å². The van der Waals surface area contributed by atoms with Crippen LogP contribution in [0.1, 0.15) is 71.6 Å². The van der Waals surface area contributed by atoms with Gasteiger partial charge in [-0.15, -0.1) is 0 Å². The van der Waals surface area contributed by atoms with E-state index in [1.54, 1.807) is 0 Å². The van der Waals surface area contributed by atoms with Crippen LogP contribution < -0.4 is 5.32 Å². The predicted molar refractivity (Wildman–Crippen MR) is 84.3 cm³/mol. The van der Waals surface area contributed by atoms with Gasteiger partial charge in [-0.05, 0) is 45.4 Å². The third kappa shape index (κ3) is 5.85. The molecule has 0 aliphatic carbocycles. The molecule has 0 aromatic heterocycles. The van der Waals surface area contributed by atoms with E-state index in [0.717, 1.165) is 45.3 Å². The summed E-state index contributed by atoms with van der Waals surface area (Å²) in [7, 11) is 0. The zero-order valence-electron chi connectivity index (χ0n) is 13.8. The minimum Gasteiger partial charge on any atom is -0.393 e. The van der Waals surface area contributed by atoms with E-state index in [2.05, 4.69) is 19.2 Å². The molecule has 2 saturated heterocycles. The molecule has 0 saturated carbocycles. The van der Waals surface area contributed by atoms with Crippen molar-refractivity contribution in [2.24, 2.45) is 0 Å². The molecule has 124 valence electrons. The van der Waals surface area contributed by atoms with Crippen molar-refractivity contribution in [1.82, 2.24) is 5.32 Å². The van der Waals surface area contributed by atoms with Gasteiger partial charge in [-0.1, -0.05) is 19.8 Å². The standard InChI is InChI=1S/C17H33NO3/c1-3-6-16(19)13-15-8-4-7-14(18-15)9-5-10-17(2)20-11-12-21-17/h14-16,18-19H,3-13H2,1-2H3/t14-,15-,16-/m0/s1. The molecular formula is C17H33NO3. The van der Waals surface area contributed by atoms with E-state index in [1.807, 2.05) is 0 Å². The summed E-state index contributed by atoms with van der Waals surface area (Å²) in [6, 6.07) is 1.10. The molecule has 0 unspecified atom stereocenters. The van der Waals surface area contributed by atoms with Crippen molar-refractivity contribution in [3.05, 3.63) is 0 Å². The van der Waals surface area contributed by atoms with Gasteiger partial charge in [0, 0.05) is 18.5 Å². The van der Waals surface area contributed by atoms with Crippen molar-refractivity contribution in [3.8, 4) is 0 Å². The fraction of sp³-hybridized carbons (Fsp3) is 1.00. The highest BCUT2D eigenvalue weighted by molar-refractivity contribution is 4.82. The lowest BCUT2D eigenvalue weighted by molar-refractivity contribution is -0.147. The molecule has 0 spiro atoms. The lowest BCUT2D eigenvalue weighted by Crippen LogP contribution is -2.44. The number of piperidine rings is 1. The molecule has 4 heteroatoms. The van der Waals surface area contributed by atoms with Crippen molar-refractivity contribution >= 4 is 0 Å². The van der Waals surface area contributed by atoms with Gasteiger partial charge in [0.15, 0.2) is 5.79 Å². The number of hydrogen-bond donors (Lipinski definition) is 2. The van der Waals surface area contributed by atoms with Gasteiger partial charge in [0.2, 0.25) is 0 Å². The van der Waals surface area contributed by atoms with Crippen LogP contribution >= 0.6 is 0 Å². The molecule has 2 heterocycles. The van der Waals surface area contributed by atoms with Crippen LogP contribution in [-0.4, -0.2) is 42.3 Å². The van der Waals surface area contributed by atoms with E-state index in [4.69, 9.17) is 9.47 Å². The zero-order chi connectivity index (χ0) is 15.1. The van der Waals surface area contributed by atoms with Gasteiger partial charge >= 0.3 is 0 Å². The molecule has 0 radical (unpaired) electrons. The molecule has 0 aromatic rings. The minimum absolute atomic E-state index is 0.134. The summed E-state index contributed by atoms with van der Waals surface area (Å²) in [6.45, 7) is 5.65. The van der Waals surface area contributed by atoms with Gasteiger partial charge in [0.05, 0.1) is 19.3 Å². The summed E-state index contributed by atoms with van der Waals surface area (Å²) in [6.07, 6.45) is 9.83. The summed E-state index contributed by atoms with van der Waals surface area (Å²) < 4.78 is 11.3. The van der Waals surface area contributed by atoms with Crippen LogP contribution in [0.5, 0.6) is 0 Å². The van der Waals surface area contributed by atoms with Crippen LogP contribution in [0.4, 0.5) is 0 Å². The van der Waals surface area contributed by atoms with E-state index >= 15 is 0 Å². The molecule has 3 atom stereocenters. The third-order valence-electron chi connectivity index (χ3n) is 4.84. The molecule has 2 aliphatic rings. The normalized spacial score (nSPS) is 30.4. The Balaban J connectivity index is 1.64. The number of aliphatic hydroxyl groups excluding tert-OH is 1. The summed E-state index contributed by atoms with van der Waals surface area (Å²) in [5, 5.41) is 13.7. The maximum absolute atomic E-state index is 9.97. The monoisotopic (exact) mass is 299 g/mol. The highest BCUT2D eigenvalue weighted by atomic mass is 16.7. The predicted octanol–water partition coefficient (Wildman–Crippen LogP) is 2.98. The average Bonchev–Trinajstić information content (AvgIpc) is 2.86. The second-order valence-corrected chi connectivity index (χ2v) is 6.89. The van der Waals surface area contributed by atoms with E-state index in [9.17, 15) is 5.11 Å². The molecule has 21 heavy (non-hydrogen) atoms. The fourth-order valence-electron chi connectivity index (χ4n) is 3.67. The first kappa shape index (κ1) is 17.2. The van der Waals surface area contributed by atoms with Crippen LogP contribution in [-0.2, 0) is 9.47 Å².